The zero-order chi connectivity index (χ0) is 14.1. The third-order valence-corrected chi connectivity index (χ3v) is 3.30. The van der Waals surface area contributed by atoms with Crippen molar-refractivity contribution in [1.82, 2.24) is 4.98 Å². The number of aromatic nitrogens is 1. The van der Waals surface area contributed by atoms with Gasteiger partial charge in [0.15, 0.2) is 12.6 Å². The van der Waals surface area contributed by atoms with Crippen LogP contribution in [-0.4, -0.2) is 22.7 Å². The lowest BCUT2D eigenvalue weighted by atomic mass is 10.0. The molecule has 0 saturated carbocycles. The van der Waals surface area contributed by atoms with E-state index in [0.717, 1.165) is 22.9 Å². The standard InChI is InChI=1S/C16H11NO3/c18-8-12-3-5-15(17-12)11-1-4-13-10(7-11)2-6-16(20)14(13)9-19/h1-9,17,20H. The van der Waals surface area contributed by atoms with E-state index in [4.69, 9.17) is 0 Å². The maximum Gasteiger partial charge on any atom is 0.166 e. The number of hydrogen-bond acceptors (Lipinski definition) is 3. The van der Waals surface area contributed by atoms with Crippen LogP contribution in [0, 0.1) is 0 Å². The lowest BCUT2D eigenvalue weighted by Crippen LogP contribution is -1.86. The SMILES string of the molecule is O=Cc1ccc(-c2ccc3c(C=O)c(O)ccc3c2)[nH]1. The highest BCUT2D eigenvalue weighted by atomic mass is 16.3. The molecule has 0 radical (unpaired) electrons. The van der Waals surface area contributed by atoms with Crippen molar-refractivity contribution in [3.63, 3.8) is 0 Å². The number of nitrogens with one attached hydrogen (secondary N) is 1. The van der Waals surface area contributed by atoms with Crippen LogP contribution in [0.5, 0.6) is 5.75 Å². The number of phenols is 1. The van der Waals surface area contributed by atoms with E-state index in [2.05, 4.69) is 4.98 Å². The molecule has 3 rings (SSSR count). The summed E-state index contributed by atoms with van der Waals surface area (Å²) in [5.74, 6) is -0.0247. The molecule has 0 fully saturated rings. The fourth-order valence-electron chi connectivity index (χ4n) is 2.28. The average Bonchev–Trinajstić information content (AvgIpc) is 2.95. The minimum Gasteiger partial charge on any atom is -0.507 e. The minimum atomic E-state index is -0.0247. The van der Waals surface area contributed by atoms with Crippen LogP contribution < -0.4 is 0 Å². The van der Waals surface area contributed by atoms with Gasteiger partial charge in [0.05, 0.1) is 11.3 Å². The number of aromatic amines is 1. The molecule has 0 atom stereocenters. The van der Waals surface area contributed by atoms with Gasteiger partial charge in [-0.15, -0.1) is 0 Å². The molecule has 98 valence electrons. The number of carbonyl (C=O) groups is 2. The Morgan fingerprint density at radius 1 is 0.950 bits per heavy atom. The van der Waals surface area contributed by atoms with Crippen molar-refractivity contribution in [3.05, 3.63) is 53.7 Å². The normalized spacial score (nSPS) is 10.6. The first kappa shape index (κ1) is 12.2. The third-order valence-electron chi connectivity index (χ3n) is 3.30. The highest BCUT2D eigenvalue weighted by Gasteiger charge is 2.08. The average molecular weight is 265 g/mol. The largest absolute Gasteiger partial charge is 0.507 e. The van der Waals surface area contributed by atoms with Crippen LogP contribution in [-0.2, 0) is 0 Å². The minimum absolute atomic E-state index is 0.0247. The van der Waals surface area contributed by atoms with Gasteiger partial charge in [0.25, 0.3) is 0 Å². The Morgan fingerprint density at radius 2 is 1.80 bits per heavy atom. The summed E-state index contributed by atoms with van der Waals surface area (Å²) in [7, 11) is 0. The van der Waals surface area contributed by atoms with E-state index in [1.165, 1.54) is 6.07 Å². The summed E-state index contributed by atoms with van der Waals surface area (Å²) in [5, 5.41) is 11.2. The van der Waals surface area contributed by atoms with Crippen LogP contribution in [0.15, 0.2) is 42.5 Å². The summed E-state index contributed by atoms with van der Waals surface area (Å²) in [4.78, 5) is 24.7. The van der Waals surface area contributed by atoms with Crippen molar-refractivity contribution in [2.75, 3.05) is 0 Å². The Kier molecular flexibility index (Phi) is 2.84. The van der Waals surface area contributed by atoms with Gasteiger partial charge in [-0.1, -0.05) is 18.2 Å². The summed E-state index contributed by atoms with van der Waals surface area (Å²) < 4.78 is 0. The van der Waals surface area contributed by atoms with E-state index in [-0.39, 0.29) is 11.3 Å². The lowest BCUT2D eigenvalue weighted by molar-refractivity contribution is 0.111. The second-order valence-corrected chi connectivity index (χ2v) is 4.50. The number of rotatable bonds is 3. The van der Waals surface area contributed by atoms with Gasteiger partial charge in [0.1, 0.15) is 5.75 Å². The van der Waals surface area contributed by atoms with E-state index in [9.17, 15) is 14.7 Å². The number of aromatic hydroxyl groups is 1. The maximum atomic E-state index is 11.0. The van der Waals surface area contributed by atoms with Gasteiger partial charge in [0, 0.05) is 5.69 Å². The number of carbonyl (C=O) groups excluding carboxylic acids is 2. The van der Waals surface area contributed by atoms with Crippen molar-refractivity contribution in [3.8, 4) is 17.0 Å². The van der Waals surface area contributed by atoms with E-state index in [1.807, 2.05) is 18.2 Å². The summed E-state index contributed by atoms with van der Waals surface area (Å²) in [5.41, 5.74) is 2.54. The molecule has 3 aromatic rings. The number of benzene rings is 2. The van der Waals surface area contributed by atoms with Crippen LogP contribution in [0.4, 0.5) is 0 Å². The maximum absolute atomic E-state index is 11.0. The molecule has 4 nitrogen and oxygen atoms in total. The zero-order valence-corrected chi connectivity index (χ0v) is 10.5. The molecule has 0 aliphatic rings. The highest BCUT2D eigenvalue weighted by molar-refractivity contribution is 6.02. The van der Waals surface area contributed by atoms with Crippen LogP contribution in [0.3, 0.4) is 0 Å². The number of H-pyrrole nitrogens is 1. The molecule has 4 heteroatoms. The van der Waals surface area contributed by atoms with Gasteiger partial charge in [-0.05, 0) is 40.6 Å². The van der Waals surface area contributed by atoms with Crippen molar-refractivity contribution < 1.29 is 14.7 Å². The van der Waals surface area contributed by atoms with Crippen molar-refractivity contribution in [2.24, 2.45) is 0 Å². The Bertz CT molecular complexity index is 818. The van der Waals surface area contributed by atoms with Crippen LogP contribution in [0.25, 0.3) is 22.0 Å². The smallest absolute Gasteiger partial charge is 0.166 e. The molecule has 2 aromatic carbocycles. The van der Waals surface area contributed by atoms with E-state index < -0.39 is 0 Å². The molecular formula is C16H11NO3. The predicted molar refractivity (Wildman–Crippen MR) is 76.2 cm³/mol. The molecule has 1 heterocycles. The number of aldehydes is 2. The fourth-order valence-corrected chi connectivity index (χ4v) is 2.28. The quantitative estimate of drug-likeness (QED) is 0.714. The fraction of sp³-hybridized carbons (Fsp3) is 0. The van der Waals surface area contributed by atoms with Gasteiger partial charge in [-0.2, -0.15) is 0 Å². The molecule has 0 aliphatic heterocycles. The van der Waals surface area contributed by atoms with Gasteiger partial charge in [-0.25, -0.2) is 0 Å². The van der Waals surface area contributed by atoms with Gasteiger partial charge in [-0.3, -0.25) is 9.59 Å². The number of fused-ring (bicyclic) bond motifs is 1. The summed E-state index contributed by atoms with van der Waals surface area (Å²) >= 11 is 0. The van der Waals surface area contributed by atoms with Crippen LogP contribution in [0.1, 0.15) is 20.8 Å². The molecule has 0 bridgehead atoms. The number of phenolic OH excluding ortho intramolecular Hbond substituents is 1. The van der Waals surface area contributed by atoms with Crippen molar-refractivity contribution in [2.45, 2.75) is 0 Å². The Morgan fingerprint density at radius 3 is 2.50 bits per heavy atom. The molecule has 0 unspecified atom stereocenters. The zero-order valence-electron chi connectivity index (χ0n) is 10.5. The summed E-state index contributed by atoms with van der Waals surface area (Å²) in [6.07, 6.45) is 1.41. The summed E-state index contributed by atoms with van der Waals surface area (Å²) in [6, 6.07) is 12.3. The first-order chi connectivity index (χ1) is 9.72. The molecular weight excluding hydrogens is 254 g/mol. The Hall–Kier alpha value is -2.88. The lowest BCUT2D eigenvalue weighted by Gasteiger charge is -2.06. The molecule has 0 spiro atoms. The second kappa shape index (κ2) is 4.66. The Balaban J connectivity index is 2.18. The van der Waals surface area contributed by atoms with Crippen LogP contribution >= 0.6 is 0 Å². The predicted octanol–water partition coefficient (Wildman–Crippen LogP) is 3.17. The topological polar surface area (TPSA) is 70.2 Å². The van der Waals surface area contributed by atoms with Gasteiger partial charge in [0.2, 0.25) is 0 Å². The monoisotopic (exact) mass is 265 g/mol. The summed E-state index contributed by atoms with van der Waals surface area (Å²) in [6.45, 7) is 0. The van der Waals surface area contributed by atoms with Crippen molar-refractivity contribution >= 4 is 23.3 Å². The van der Waals surface area contributed by atoms with Crippen LogP contribution in [0.2, 0.25) is 0 Å². The number of hydrogen-bond donors (Lipinski definition) is 2. The second-order valence-electron chi connectivity index (χ2n) is 4.50. The molecule has 2 N–H and O–H groups in total. The molecule has 20 heavy (non-hydrogen) atoms. The Labute approximate surface area is 114 Å². The molecule has 0 amide bonds. The molecule has 0 saturated heterocycles. The van der Waals surface area contributed by atoms with Crippen molar-refractivity contribution in [1.29, 1.82) is 0 Å². The first-order valence-electron chi connectivity index (χ1n) is 6.08. The molecule has 1 aromatic heterocycles. The first-order valence-corrected chi connectivity index (χ1v) is 6.08. The van der Waals surface area contributed by atoms with E-state index in [0.29, 0.717) is 17.4 Å². The molecule has 0 aliphatic carbocycles. The van der Waals surface area contributed by atoms with E-state index >= 15 is 0 Å². The third kappa shape index (κ3) is 1.87. The van der Waals surface area contributed by atoms with Gasteiger partial charge < -0.3 is 10.1 Å². The highest BCUT2D eigenvalue weighted by Crippen LogP contribution is 2.29. The van der Waals surface area contributed by atoms with Gasteiger partial charge >= 0.3 is 0 Å². The van der Waals surface area contributed by atoms with E-state index in [1.54, 1.807) is 18.2 Å².